The van der Waals surface area contributed by atoms with Crippen molar-refractivity contribution in [2.24, 2.45) is 4.99 Å². The standard InChI is InChI=1S/C24H37N5O2.HI/c1-6-25-24(26-14-8-15-29(18(2)3)19(4)5)27-17-20-10-12-21(13-11-20)28-23(30)22-9-7-16-31-22;/h7,9-13,16,18-19H,6,8,14-15,17H2,1-5H3,(H,28,30)(H2,25,26,27);1H. The smallest absolute Gasteiger partial charge is 0.291 e. The largest absolute Gasteiger partial charge is 0.459 e. The molecular weight excluding hydrogens is 517 g/mol. The Morgan fingerprint density at radius 3 is 2.31 bits per heavy atom. The number of hydrogen-bond donors (Lipinski definition) is 3. The lowest BCUT2D eigenvalue weighted by molar-refractivity contribution is 0.0996. The second-order valence-corrected chi connectivity index (χ2v) is 8.03. The van der Waals surface area contributed by atoms with E-state index in [4.69, 9.17) is 4.42 Å². The molecule has 0 aliphatic heterocycles. The van der Waals surface area contributed by atoms with E-state index in [1.165, 1.54) is 6.26 Å². The molecule has 0 radical (unpaired) electrons. The Bertz CT molecular complexity index is 796. The molecule has 178 valence electrons. The molecule has 0 saturated carbocycles. The van der Waals surface area contributed by atoms with Gasteiger partial charge in [-0.05, 0) is 70.9 Å². The van der Waals surface area contributed by atoms with E-state index < -0.39 is 0 Å². The zero-order valence-electron chi connectivity index (χ0n) is 19.9. The number of rotatable bonds is 11. The summed E-state index contributed by atoms with van der Waals surface area (Å²) >= 11 is 0. The molecule has 0 saturated heterocycles. The van der Waals surface area contributed by atoms with E-state index in [9.17, 15) is 4.79 Å². The Kier molecular flexibility index (Phi) is 13.0. The lowest BCUT2D eigenvalue weighted by Crippen LogP contribution is -2.41. The van der Waals surface area contributed by atoms with Gasteiger partial charge in [0.15, 0.2) is 11.7 Å². The maximum Gasteiger partial charge on any atom is 0.291 e. The molecule has 32 heavy (non-hydrogen) atoms. The van der Waals surface area contributed by atoms with Gasteiger partial charge in [-0.25, -0.2) is 4.99 Å². The third-order valence-corrected chi connectivity index (χ3v) is 4.93. The first-order valence-electron chi connectivity index (χ1n) is 11.1. The molecule has 8 heteroatoms. The van der Waals surface area contributed by atoms with Gasteiger partial charge in [0.05, 0.1) is 12.8 Å². The number of carbonyl (C=O) groups is 1. The fourth-order valence-corrected chi connectivity index (χ4v) is 3.39. The summed E-state index contributed by atoms with van der Waals surface area (Å²) in [5.74, 6) is 0.848. The van der Waals surface area contributed by atoms with Gasteiger partial charge in [0, 0.05) is 37.4 Å². The lowest BCUT2D eigenvalue weighted by atomic mass is 10.2. The summed E-state index contributed by atoms with van der Waals surface area (Å²) in [6, 6.07) is 12.1. The van der Waals surface area contributed by atoms with Crippen molar-refractivity contribution < 1.29 is 9.21 Å². The van der Waals surface area contributed by atoms with Crippen LogP contribution in [0.3, 0.4) is 0 Å². The van der Waals surface area contributed by atoms with Crippen molar-refractivity contribution in [1.82, 2.24) is 15.5 Å². The van der Waals surface area contributed by atoms with Crippen molar-refractivity contribution in [3.8, 4) is 0 Å². The molecular formula is C24H38IN5O2. The van der Waals surface area contributed by atoms with Crippen molar-refractivity contribution in [3.05, 3.63) is 54.0 Å². The Morgan fingerprint density at radius 1 is 1.06 bits per heavy atom. The third-order valence-electron chi connectivity index (χ3n) is 4.93. The van der Waals surface area contributed by atoms with Gasteiger partial charge in [0.2, 0.25) is 0 Å². The normalized spacial score (nSPS) is 11.6. The number of anilines is 1. The van der Waals surface area contributed by atoms with E-state index in [1.807, 2.05) is 24.3 Å². The van der Waals surface area contributed by atoms with Crippen LogP contribution < -0.4 is 16.0 Å². The zero-order valence-corrected chi connectivity index (χ0v) is 22.2. The first-order chi connectivity index (χ1) is 14.9. The van der Waals surface area contributed by atoms with Gasteiger partial charge >= 0.3 is 0 Å². The van der Waals surface area contributed by atoms with Crippen LogP contribution in [0.15, 0.2) is 52.1 Å². The van der Waals surface area contributed by atoms with Gasteiger partial charge < -0.3 is 20.4 Å². The van der Waals surface area contributed by atoms with Crippen LogP contribution in [0.4, 0.5) is 5.69 Å². The fraction of sp³-hybridized carbons (Fsp3) is 0.500. The fourth-order valence-electron chi connectivity index (χ4n) is 3.39. The Labute approximate surface area is 209 Å². The van der Waals surface area contributed by atoms with Gasteiger partial charge in [-0.2, -0.15) is 0 Å². The van der Waals surface area contributed by atoms with Crippen LogP contribution in [0.2, 0.25) is 0 Å². The minimum absolute atomic E-state index is 0. The molecule has 0 aliphatic carbocycles. The highest BCUT2D eigenvalue weighted by molar-refractivity contribution is 14.0. The lowest BCUT2D eigenvalue weighted by Gasteiger charge is -2.30. The Balaban J connectivity index is 0.00000512. The molecule has 0 fully saturated rings. The van der Waals surface area contributed by atoms with Gasteiger partial charge in [0.25, 0.3) is 5.91 Å². The first-order valence-corrected chi connectivity index (χ1v) is 11.1. The summed E-state index contributed by atoms with van der Waals surface area (Å²) in [6.07, 6.45) is 2.54. The van der Waals surface area contributed by atoms with Crippen LogP contribution in [0.25, 0.3) is 0 Å². The predicted molar refractivity (Wildman–Crippen MR) is 143 cm³/mol. The summed E-state index contributed by atoms with van der Waals surface area (Å²) < 4.78 is 5.11. The first kappa shape index (κ1) is 28.0. The average molecular weight is 556 g/mol. The van der Waals surface area contributed by atoms with Crippen LogP contribution in [-0.2, 0) is 6.54 Å². The van der Waals surface area contributed by atoms with E-state index in [0.29, 0.717) is 24.4 Å². The number of amides is 1. The molecule has 0 bridgehead atoms. The summed E-state index contributed by atoms with van der Waals surface area (Å²) in [7, 11) is 0. The Hall–Kier alpha value is -2.07. The SMILES string of the molecule is CCNC(=NCc1ccc(NC(=O)c2ccco2)cc1)NCCCN(C(C)C)C(C)C.I. The summed E-state index contributed by atoms with van der Waals surface area (Å²) in [4.78, 5) is 19.2. The topological polar surface area (TPSA) is 81.9 Å². The van der Waals surface area contributed by atoms with Crippen LogP contribution >= 0.6 is 24.0 Å². The molecule has 2 rings (SSSR count). The highest BCUT2D eigenvalue weighted by Gasteiger charge is 2.12. The minimum Gasteiger partial charge on any atom is -0.459 e. The number of hydrogen-bond acceptors (Lipinski definition) is 4. The maximum atomic E-state index is 12.0. The van der Waals surface area contributed by atoms with Crippen molar-refractivity contribution in [3.63, 3.8) is 0 Å². The van der Waals surface area contributed by atoms with Gasteiger partial charge in [-0.1, -0.05) is 12.1 Å². The van der Waals surface area contributed by atoms with E-state index in [-0.39, 0.29) is 29.9 Å². The number of benzene rings is 1. The van der Waals surface area contributed by atoms with Crippen molar-refractivity contribution >= 4 is 41.5 Å². The van der Waals surface area contributed by atoms with Crippen molar-refractivity contribution in [2.75, 3.05) is 25.0 Å². The molecule has 1 aromatic heterocycles. The molecule has 0 unspecified atom stereocenters. The van der Waals surface area contributed by atoms with Gasteiger partial charge in [0.1, 0.15) is 0 Å². The summed E-state index contributed by atoms with van der Waals surface area (Å²) in [6.45, 7) is 14.3. The van der Waals surface area contributed by atoms with Crippen LogP contribution in [0.5, 0.6) is 0 Å². The molecule has 1 aromatic carbocycles. The Morgan fingerprint density at radius 2 is 1.75 bits per heavy atom. The quantitative estimate of drug-likeness (QED) is 0.162. The van der Waals surface area contributed by atoms with Crippen molar-refractivity contribution in [2.45, 2.75) is 59.7 Å². The molecule has 0 aliphatic rings. The molecule has 3 N–H and O–H groups in total. The summed E-state index contributed by atoms with van der Waals surface area (Å²) in [5.41, 5.74) is 1.79. The molecule has 1 heterocycles. The van der Waals surface area contributed by atoms with Gasteiger partial charge in [-0.15, -0.1) is 24.0 Å². The van der Waals surface area contributed by atoms with Crippen LogP contribution in [0.1, 0.15) is 57.2 Å². The second-order valence-electron chi connectivity index (χ2n) is 8.03. The molecule has 0 atom stereocenters. The number of guanidine groups is 1. The minimum atomic E-state index is -0.261. The molecule has 0 spiro atoms. The highest BCUT2D eigenvalue weighted by Crippen LogP contribution is 2.12. The van der Waals surface area contributed by atoms with Crippen LogP contribution in [-0.4, -0.2) is 48.5 Å². The number of aliphatic imine (C=N–C) groups is 1. The predicted octanol–water partition coefficient (Wildman–Crippen LogP) is 4.71. The number of carbonyl (C=O) groups excluding carboxylic acids is 1. The van der Waals surface area contributed by atoms with E-state index in [1.54, 1.807) is 12.1 Å². The number of furan rings is 1. The maximum absolute atomic E-state index is 12.0. The third kappa shape index (κ3) is 9.60. The van der Waals surface area contributed by atoms with E-state index in [0.717, 1.165) is 43.3 Å². The molecule has 2 aromatic rings. The second kappa shape index (κ2) is 14.9. The van der Waals surface area contributed by atoms with Crippen molar-refractivity contribution in [1.29, 1.82) is 0 Å². The highest BCUT2D eigenvalue weighted by atomic mass is 127. The number of nitrogens with one attached hydrogen (secondary N) is 3. The molecule has 7 nitrogen and oxygen atoms in total. The van der Waals surface area contributed by atoms with E-state index >= 15 is 0 Å². The van der Waals surface area contributed by atoms with Crippen LogP contribution in [0, 0.1) is 0 Å². The van der Waals surface area contributed by atoms with Gasteiger partial charge in [-0.3, -0.25) is 9.69 Å². The zero-order chi connectivity index (χ0) is 22.6. The molecule has 1 amide bonds. The summed E-state index contributed by atoms with van der Waals surface area (Å²) in [5, 5.41) is 9.54. The average Bonchev–Trinajstić information content (AvgIpc) is 3.27. The monoisotopic (exact) mass is 555 g/mol. The number of halogens is 1. The van der Waals surface area contributed by atoms with E-state index in [2.05, 4.69) is 60.5 Å². The number of nitrogens with zero attached hydrogens (tertiary/aromatic N) is 2.